The van der Waals surface area contributed by atoms with Crippen LogP contribution in [0.2, 0.25) is 0 Å². The van der Waals surface area contributed by atoms with Crippen LogP contribution in [0.1, 0.15) is 19.4 Å². The number of fused-ring (bicyclic) bond motifs is 1. The highest BCUT2D eigenvalue weighted by atomic mass is 16.2. The van der Waals surface area contributed by atoms with Crippen molar-refractivity contribution >= 4 is 11.6 Å². The van der Waals surface area contributed by atoms with Gasteiger partial charge in [-0.3, -0.25) is 4.79 Å². The maximum atomic E-state index is 12.8. The smallest absolute Gasteiger partial charge is 0.245 e. The van der Waals surface area contributed by atoms with Gasteiger partial charge in [-0.2, -0.15) is 0 Å². The summed E-state index contributed by atoms with van der Waals surface area (Å²) >= 11 is 0. The molecule has 0 saturated carbocycles. The molecule has 2 N–H and O–H groups in total. The molecule has 20 heavy (non-hydrogen) atoms. The first kappa shape index (κ1) is 13.6. The van der Waals surface area contributed by atoms with Crippen molar-refractivity contribution in [3.05, 3.63) is 29.8 Å². The Bertz CT molecular complexity index is 494. The molecule has 2 aliphatic rings. The van der Waals surface area contributed by atoms with Gasteiger partial charge in [-0.1, -0.05) is 25.1 Å². The van der Waals surface area contributed by atoms with E-state index in [4.69, 9.17) is 0 Å². The van der Waals surface area contributed by atoms with E-state index in [1.54, 1.807) is 0 Å². The fourth-order valence-corrected chi connectivity index (χ4v) is 3.15. The van der Waals surface area contributed by atoms with E-state index in [1.807, 2.05) is 11.0 Å². The third kappa shape index (κ3) is 2.58. The highest BCUT2D eigenvalue weighted by Crippen LogP contribution is 2.29. The number of anilines is 1. The van der Waals surface area contributed by atoms with Gasteiger partial charge in [0.25, 0.3) is 0 Å². The Balaban J connectivity index is 1.81. The summed E-state index contributed by atoms with van der Waals surface area (Å²) in [6.45, 7) is 6.73. The molecular weight excluding hydrogens is 250 g/mol. The predicted molar refractivity (Wildman–Crippen MR) is 80.9 cm³/mol. The number of nitrogens with one attached hydrogen (secondary N) is 2. The molecule has 2 aliphatic heterocycles. The first-order chi connectivity index (χ1) is 9.65. The van der Waals surface area contributed by atoms with Gasteiger partial charge < -0.3 is 15.5 Å². The van der Waals surface area contributed by atoms with Gasteiger partial charge in [0.1, 0.15) is 0 Å². The van der Waals surface area contributed by atoms with Crippen LogP contribution in [0.4, 0.5) is 5.69 Å². The second-order valence-corrected chi connectivity index (χ2v) is 6.16. The molecule has 0 spiro atoms. The number of rotatable bonds is 1. The predicted octanol–water partition coefficient (Wildman–Crippen LogP) is 1.16. The fourth-order valence-electron chi connectivity index (χ4n) is 3.15. The van der Waals surface area contributed by atoms with Crippen LogP contribution in [-0.2, 0) is 11.2 Å². The Morgan fingerprint density at radius 1 is 1.20 bits per heavy atom. The molecule has 0 radical (unpaired) electrons. The highest BCUT2D eigenvalue weighted by molar-refractivity contribution is 5.98. The second kappa shape index (κ2) is 5.54. The van der Waals surface area contributed by atoms with Crippen molar-refractivity contribution in [3.8, 4) is 0 Å². The van der Waals surface area contributed by atoms with E-state index in [0.717, 1.165) is 25.2 Å². The van der Waals surface area contributed by atoms with Gasteiger partial charge in [0.15, 0.2) is 0 Å². The molecule has 108 valence electrons. The van der Waals surface area contributed by atoms with Crippen LogP contribution in [0.15, 0.2) is 24.3 Å². The summed E-state index contributed by atoms with van der Waals surface area (Å²) < 4.78 is 0. The Kier molecular flexibility index (Phi) is 3.76. The number of carbonyl (C=O) groups is 1. The van der Waals surface area contributed by atoms with E-state index in [2.05, 4.69) is 42.7 Å². The molecule has 4 nitrogen and oxygen atoms in total. The van der Waals surface area contributed by atoms with Crippen LogP contribution >= 0.6 is 0 Å². The van der Waals surface area contributed by atoms with E-state index in [9.17, 15) is 4.79 Å². The Morgan fingerprint density at radius 3 is 2.75 bits per heavy atom. The molecule has 1 aromatic rings. The highest BCUT2D eigenvalue weighted by Gasteiger charge is 2.32. The Labute approximate surface area is 120 Å². The van der Waals surface area contributed by atoms with E-state index in [-0.39, 0.29) is 11.9 Å². The zero-order valence-electron chi connectivity index (χ0n) is 12.2. The van der Waals surface area contributed by atoms with Crippen LogP contribution in [0.5, 0.6) is 0 Å². The van der Waals surface area contributed by atoms with Crippen LogP contribution in [0.3, 0.4) is 0 Å². The number of benzene rings is 1. The zero-order chi connectivity index (χ0) is 14.1. The minimum Gasteiger partial charge on any atom is -0.311 e. The van der Waals surface area contributed by atoms with Crippen molar-refractivity contribution in [1.82, 2.24) is 10.6 Å². The average Bonchev–Trinajstić information content (AvgIpc) is 2.46. The summed E-state index contributed by atoms with van der Waals surface area (Å²) in [7, 11) is 0. The number of nitrogens with zero attached hydrogens (tertiary/aromatic N) is 1. The molecule has 3 atom stereocenters. The second-order valence-electron chi connectivity index (χ2n) is 6.16. The van der Waals surface area contributed by atoms with Crippen molar-refractivity contribution < 1.29 is 4.79 Å². The van der Waals surface area contributed by atoms with E-state index < -0.39 is 0 Å². The number of piperazine rings is 1. The SMILES string of the molecule is CC1Cc2ccccc2N(C(=O)C2CNC(C)CN2)C1. The molecule has 0 aromatic heterocycles. The minimum atomic E-state index is -0.107. The van der Waals surface area contributed by atoms with Gasteiger partial charge in [-0.15, -0.1) is 0 Å². The largest absolute Gasteiger partial charge is 0.311 e. The van der Waals surface area contributed by atoms with Crippen LogP contribution < -0.4 is 15.5 Å². The summed E-state index contributed by atoms with van der Waals surface area (Å²) in [5, 5.41) is 6.74. The standard InChI is InChI=1S/C16H23N3O/c1-11-7-13-5-3-4-6-15(13)19(10-11)16(20)14-9-17-12(2)8-18-14/h3-6,11-12,14,17-18H,7-10H2,1-2H3. The van der Waals surface area contributed by atoms with Crippen molar-refractivity contribution in [2.24, 2.45) is 5.92 Å². The van der Waals surface area contributed by atoms with Gasteiger partial charge in [0.05, 0.1) is 6.04 Å². The van der Waals surface area contributed by atoms with Crippen molar-refractivity contribution in [3.63, 3.8) is 0 Å². The Morgan fingerprint density at radius 2 is 2.00 bits per heavy atom. The third-order valence-electron chi connectivity index (χ3n) is 4.25. The number of carbonyl (C=O) groups excluding carboxylic acids is 1. The minimum absolute atomic E-state index is 0.107. The summed E-state index contributed by atoms with van der Waals surface area (Å²) in [6.07, 6.45) is 1.06. The Hall–Kier alpha value is -1.39. The fraction of sp³-hybridized carbons (Fsp3) is 0.562. The van der Waals surface area contributed by atoms with E-state index >= 15 is 0 Å². The van der Waals surface area contributed by atoms with Crippen molar-refractivity contribution in [2.75, 3.05) is 24.5 Å². The number of para-hydroxylation sites is 1. The number of hydrogen-bond acceptors (Lipinski definition) is 3. The van der Waals surface area contributed by atoms with Gasteiger partial charge >= 0.3 is 0 Å². The van der Waals surface area contributed by atoms with Gasteiger partial charge in [0, 0.05) is 31.4 Å². The quantitative estimate of drug-likeness (QED) is 0.807. The van der Waals surface area contributed by atoms with E-state index in [1.165, 1.54) is 5.56 Å². The molecule has 4 heteroatoms. The molecular formula is C16H23N3O. The molecule has 3 unspecified atom stereocenters. The van der Waals surface area contributed by atoms with Gasteiger partial charge in [-0.25, -0.2) is 0 Å². The van der Waals surface area contributed by atoms with Crippen molar-refractivity contribution in [2.45, 2.75) is 32.4 Å². The van der Waals surface area contributed by atoms with Crippen LogP contribution in [0, 0.1) is 5.92 Å². The lowest BCUT2D eigenvalue weighted by Crippen LogP contribution is -2.60. The topological polar surface area (TPSA) is 44.4 Å². The normalized spacial score (nSPS) is 29.9. The molecule has 1 fully saturated rings. The molecule has 1 amide bonds. The molecule has 0 bridgehead atoms. The average molecular weight is 273 g/mol. The lowest BCUT2D eigenvalue weighted by molar-refractivity contribution is -0.121. The maximum absolute atomic E-state index is 12.8. The first-order valence-electron chi connectivity index (χ1n) is 7.51. The first-order valence-corrected chi connectivity index (χ1v) is 7.51. The number of hydrogen-bond donors (Lipinski definition) is 2. The molecule has 2 heterocycles. The lowest BCUT2D eigenvalue weighted by atomic mass is 9.93. The third-order valence-corrected chi connectivity index (χ3v) is 4.25. The molecule has 1 aromatic carbocycles. The van der Waals surface area contributed by atoms with E-state index in [0.29, 0.717) is 18.5 Å². The van der Waals surface area contributed by atoms with Crippen LogP contribution in [0.25, 0.3) is 0 Å². The lowest BCUT2D eigenvalue weighted by Gasteiger charge is -2.37. The summed E-state index contributed by atoms with van der Waals surface area (Å²) in [4.78, 5) is 14.8. The molecule has 0 aliphatic carbocycles. The summed E-state index contributed by atoms with van der Waals surface area (Å²) in [6, 6.07) is 8.61. The summed E-state index contributed by atoms with van der Waals surface area (Å²) in [5.41, 5.74) is 2.38. The molecule has 3 rings (SSSR count). The van der Waals surface area contributed by atoms with Gasteiger partial charge in [0.2, 0.25) is 5.91 Å². The maximum Gasteiger partial charge on any atom is 0.245 e. The monoisotopic (exact) mass is 273 g/mol. The zero-order valence-corrected chi connectivity index (χ0v) is 12.2. The van der Waals surface area contributed by atoms with Gasteiger partial charge in [-0.05, 0) is 30.9 Å². The van der Waals surface area contributed by atoms with Crippen molar-refractivity contribution in [1.29, 1.82) is 0 Å². The molecule has 1 saturated heterocycles. The number of amides is 1. The van der Waals surface area contributed by atoms with Crippen LogP contribution in [-0.4, -0.2) is 37.6 Å². The summed E-state index contributed by atoms with van der Waals surface area (Å²) in [5.74, 6) is 0.715.